The van der Waals surface area contributed by atoms with Crippen molar-refractivity contribution in [1.82, 2.24) is 0 Å². The molecule has 1 fully saturated rings. The molecular formula is C12H17NO4. The highest BCUT2D eigenvalue weighted by molar-refractivity contribution is 6.21. The summed E-state index contributed by atoms with van der Waals surface area (Å²) in [6, 6.07) is 0. The van der Waals surface area contributed by atoms with Crippen LogP contribution in [0.5, 0.6) is 0 Å². The molecule has 17 heavy (non-hydrogen) atoms. The van der Waals surface area contributed by atoms with Crippen LogP contribution in [0.4, 0.5) is 0 Å². The second kappa shape index (κ2) is 4.77. The van der Waals surface area contributed by atoms with Gasteiger partial charge in [0, 0.05) is 19.7 Å². The summed E-state index contributed by atoms with van der Waals surface area (Å²) in [5, 5.41) is 0. The van der Waals surface area contributed by atoms with Crippen LogP contribution in [0.15, 0.2) is 4.99 Å². The van der Waals surface area contributed by atoms with Gasteiger partial charge in [0.15, 0.2) is 5.78 Å². The Balaban J connectivity index is 3.13. The Bertz CT molecular complexity index is 384. The number of Topliss-reactive ketones (excluding diaryl/α,β-unsaturated/α-hetero) is 2. The van der Waals surface area contributed by atoms with Crippen LogP contribution in [0.2, 0.25) is 0 Å². The normalized spacial score (nSPS) is 28.5. The quantitative estimate of drug-likeness (QED) is 0.403. The number of esters is 1. The highest BCUT2D eigenvalue weighted by Gasteiger charge is 2.51. The molecule has 1 aliphatic carbocycles. The van der Waals surface area contributed by atoms with Crippen LogP contribution in [0.1, 0.15) is 20.3 Å². The number of hydrogen-bond donors (Lipinski definition) is 0. The van der Waals surface area contributed by atoms with Gasteiger partial charge in [-0.1, -0.05) is 13.8 Å². The molecule has 0 radical (unpaired) electrons. The van der Waals surface area contributed by atoms with Crippen LogP contribution in [-0.2, 0) is 19.1 Å². The molecule has 0 amide bonds. The van der Waals surface area contributed by atoms with Crippen molar-refractivity contribution in [3.63, 3.8) is 0 Å². The van der Waals surface area contributed by atoms with E-state index >= 15 is 0 Å². The highest BCUT2D eigenvalue weighted by atomic mass is 16.5. The number of aliphatic imine (C=N–C) groups is 1. The molecule has 5 nitrogen and oxygen atoms in total. The summed E-state index contributed by atoms with van der Waals surface area (Å²) in [7, 11) is 2.73. The maximum atomic E-state index is 12.1. The number of rotatable bonds is 2. The highest BCUT2D eigenvalue weighted by Crippen LogP contribution is 2.39. The minimum Gasteiger partial charge on any atom is -0.468 e. The molecule has 1 rings (SSSR count). The third-order valence-corrected chi connectivity index (χ3v) is 3.08. The van der Waals surface area contributed by atoms with E-state index in [4.69, 9.17) is 0 Å². The summed E-state index contributed by atoms with van der Waals surface area (Å²) >= 11 is 0. The smallest absolute Gasteiger partial charge is 0.316 e. The molecule has 5 heteroatoms. The second-order valence-electron chi connectivity index (χ2n) is 4.88. The molecule has 1 saturated carbocycles. The molecule has 0 unspecified atom stereocenters. The Morgan fingerprint density at radius 3 is 2.53 bits per heavy atom. The van der Waals surface area contributed by atoms with Crippen molar-refractivity contribution in [2.75, 3.05) is 14.2 Å². The van der Waals surface area contributed by atoms with Crippen molar-refractivity contribution >= 4 is 23.8 Å². The lowest BCUT2D eigenvalue weighted by Crippen LogP contribution is -2.50. The number of hydrogen-bond acceptors (Lipinski definition) is 5. The first-order valence-electron chi connectivity index (χ1n) is 5.41. The van der Waals surface area contributed by atoms with Gasteiger partial charge in [0.25, 0.3) is 0 Å². The first-order valence-corrected chi connectivity index (χ1v) is 5.41. The zero-order valence-electron chi connectivity index (χ0n) is 10.5. The van der Waals surface area contributed by atoms with E-state index in [0.717, 1.165) is 0 Å². The van der Waals surface area contributed by atoms with Gasteiger partial charge in [0.2, 0.25) is 0 Å². The van der Waals surface area contributed by atoms with Crippen LogP contribution in [0.25, 0.3) is 0 Å². The van der Waals surface area contributed by atoms with Gasteiger partial charge in [0.05, 0.1) is 7.11 Å². The minimum atomic E-state index is -0.905. The lowest BCUT2D eigenvalue weighted by atomic mass is 9.64. The lowest BCUT2D eigenvalue weighted by molar-refractivity contribution is -0.159. The third-order valence-electron chi connectivity index (χ3n) is 3.08. The topological polar surface area (TPSA) is 72.8 Å². The van der Waals surface area contributed by atoms with Crippen LogP contribution in [0.3, 0.4) is 0 Å². The van der Waals surface area contributed by atoms with E-state index < -0.39 is 29.0 Å². The molecule has 0 bridgehead atoms. The van der Waals surface area contributed by atoms with Gasteiger partial charge in [-0.05, 0) is 5.41 Å². The van der Waals surface area contributed by atoms with Gasteiger partial charge >= 0.3 is 5.97 Å². The maximum absolute atomic E-state index is 12.1. The number of carbonyl (C=O) groups excluding carboxylic acids is 3. The van der Waals surface area contributed by atoms with Crippen LogP contribution in [-0.4, -0.2) is 37.9 Å². The van der Waals surface area contributed by atoms with E-state index in [-0.39, 0.29) is 12.2 Å². The molecule has 0 N–H and O–H groups in total. The Hall–Kier alpha value is -1.52. The fraction of sp³-hybridized carbons (Fsp3) is 0.667. The summed E-state index contributed by atoms with van der Waals surface area (Å²) in [4.78, 5) is 39.3. The van der Waals surface area contributed by atoms with Gasteiger partial charge < -0.3 is 4.74 Å². The Kier molecular flexibility index (Phi) is 3.80. The van der Waals surface area contributed by atoms with E-state index in [0.29, 0.717) is 0 Å². The molecular weight excluding hydrogens is 222 g/mol. The SMILES string of the molecule is CN=C[C@@H]1C(=O)CC(C)(C)[C@H](C(=O)OC)C1=O. The summed E-state index contributed by atoms with van der Waals surface area (Å²) in [5.41, 5.74) is -0.695. The van der Waals surface area contributed by atoms with E-state index in [2.05, 4.69) is 9.73 Å². The fourth-order valence-electron chi connectivity index (χ4n) is 2.24. The number of ether oxygens (including phenoxy) is 1. The van der Waals surface area contributed by atoms with E-state index in [1.165, 1.54) is 20.4 Å². The summed E-state index contributed by atoms with van der Waals surface area (Å²) in [6.45, 7) is 3.45. The molecule has 0 aromatic heterocycles. The fourth-order valence-corrected chi connectivity index (χ4v) is 2.24. The van der Waals surface area contributed by atoms with Gasteiger partial charge in [-0.25, -0.2) is 0 Å². The summed E-state index contributed by atoms with van der Waals surface area (Å²) < 4.78 is 4.64. The zero-order chi connectivity index (χ0) is 13.2. The average Bonchev–Trinajstić information content (AvgIpc) is 2.22. The standard InChI is InChI=1S/C12H17NO4/c1-12(2)5-8(14)7(6-13-3)10(15)9(12)11(16)17-4/h6-7,9H,5H2,1-4H3/t7-,9+/m1/s1. The summed E-state index contributed by atoms with van der Waals surface area (Å²) in [5.74, 6) is -2.98. The van der Waals surface area contributed by atoms with E-state index in [1.54, 1.807) is 13.8 Å². The van der Waals surface area contributed by atoms with Gasteiger partial charge in [-0.3, -0.25) is 19.4 Å². The van der Waals surface area contributed by atoms with Crippen molar-refractivity contribution in [3.8, 4) is 0 Å². The van der Waals surface area contributed by atoms with Gasteiger partial charge in [-0.2, -0.15) is 0 Å². The molecule has 0 heterocycles. The number of methoxy groups -OCH3 is 1. The number of carbonyl (C=O) groups is 3. The molecule has 0 aliphatic heterocycles. The molecule has 0 aromatic carbocycles. The molecule has 0 spiro atoms. The van der Waals surface area contributed by atoms with E-state index in [9.17, 15) is 14.4 Å². The lowest BCUT2D eigenvalue weighted by Gasteiger charge is -2.36. The van der Waals surface area contributed by atoms with Gasteiger partial charge in [0.1, 0.15) is 17.6 Å². The second-order valence-corrected chi connectivity index (χ2v) is 4.88. The summed E-state index contributed by atoms with van der Waals surface area (Å²) in [6.07, 6.45) is 1.48. The minimum absolute atomic E-state index is 0.176. The third kappa shape index (κ3) is 2.43. The monoisotopic (exact) mass is 239 g/mol. The van der Waals surface area contributed by atoms with Crippen molar-refractivity contribution in [3.05, 3.63) is 0 Å². The number of nitrogens with zero attached hydrogens (tertiary/aromatic N) is 1. The van der Waals surface area contributed by atoms with Crippen molar-refractivity contribution in [2.45, 2.75) is 20.3 Å². The van der Waals surface area contributed by atoms with Gasteiger partial charge in [-0.15, -0.1) is 0 Å². The Morgan fingerprint density at radius 2 is 2.06 bits per heavy atom. The predicted octanol–water partition coefficient (Wildman–Crippen LogP) is 0.660. The van der Waals surface area contributed by atoms with Crippen molar-refractivity contribution < 1.29 is 19.1 Å². The molecule has 1 aliphatic rings. The van der Waals surface area contributed by atoms with Crippen LogP contribution < -0.4 is 0 Å². The Labute approximate surface area is 100 Å². The molecule has 0 saturated heterocycles. The molecule has 2 atom stereocenters. The first kappa shape index (κ1) is 13.5. The van der Waals surface area contributed by atoms with Crippen molar-refractivity contribution in [1.29, 1.82) is 0 Å². The largest absolute Gasteiger partial charge is 0.468 e. The maximum Gasteiger partial charge on any atom is 0.316 e. The Morgan fingerprint density at radius 1 is 1.47 bits per heavy atom. The van der Waals surface area contributed by atoms with Crippen molar-refractivity contribution in [2.24, 2.45) is 22.2 Å². The molecule has 94 valence electrons. The van der Waals surface area contributed by atoms with Crippen LogP contribution in [0, 0.1) is 17.3 Å². The number of ketones is 2. The zero-order valence-corrected chi connectivity index (χ0v) is 10.5. The first-order chi connectivity index (χ1) is 7.85. The average molecular weight is 239 g/mol. The molecule has 0 aromatic rings. The van der Waals surface area contributed by atoms with E-state index in [1.807, 2.05) is 0 Å². The predicted molar refractivity (Wildman–Crippen MR) is 61.8 cm³/mol. The van der Waals surface area contributed by atoms with Crippen LogP contribution >= 0.6 is 0 Å².